The Morgan fingerprint density at radius 1 is 0.800 bits per heavy atom. The summed E-state index contributed by atoms with van der Waals surface area (Å²) in [5.74, 6) is 0. The van der Waals surface area contributed by atoms with E-state index in [2.05, 4.69) is 55.2 Å². The number of hydrogen-bond acceptors (Lipinski definition) is 1. The van der Waals surface area contributed by atoms with Crippen LogP contribution in [-0.4, -0.2) is 4.98 Å². The lowest BCUT2D eigenvalue weighted by molar-refractivity contribution is 0.639. The van der Waals surface area contributed by atoms with Crippen LogP contribution in [0.5, 0.6) is 0 Å². The van der Waals surface area contributed by atoms with E-state index >= 15 is 0 Å². The lowest BCUT2D eigenvalue weighted by atomic mass is 9.79. The van der Waals surface area contributed by atoms with Crippen molar-refractivity contribution in [2.45, 2.75) is 19.3 Å². The zero-order valence-corrected chi connectivity index (χ0v) is 9.14. The maximum atomic E-state index is 4.05. The third-order valence-electron chi connectivity index (χ3n) is 2.90. The van der Waals surface area contributed by atoms with Crippen LogP contribution in [0.3, 0.4) is 0 Å². The molecule has 0 fully saturated rings. The minimum Gasteiger partial charge on any atom is -0.265 e. The van der Waals surface area contributed by atoms with E-state index in [9.17, 15) is 0 Å². The highest BCUT2D eigenvalue weighted by Crippen LogP contribution is 2.30. The molecule has 0 aliphatic carbocycles. The third kappa shape index (κ3) is 1.91. The third-order valence-corrected chi connectivity index (χ3v) is 2.90. The van der Waals surface area contributed by atoms with E-state index in [0.29, 0.717) is 0 Å². The molecule has 0 aliphatic rings. The lowest BCUT2D eigenvalue weighted by Crippen LogP contribution is -2.18. The number of hydrogen-bond donors (Lipinski definition) is 0. The van der Waals surface area contributed by atoms with Gasteiger partial charge in [-0.1, -0.05) is 44.2 Å². The second-order valence-electron chi connectivity index (χ2n) is 4.23. The Labute approximate surface area is 90.8 Å². The summed E-state index contributed by atoms with van der Waals surface area (Å²) in [6.07, 6.45) is 3.69. The molecule has 0 amide bonds. The molecule has 1 aromatic heterocycles. The fourth-order valence-corrected chi connectivity index (χ4v) is 1.79. The van der Waals surface area contributed by atoms with Crippen LogP contribution in [0.15, 0.2) is 54.9 Å². The largest absolute Gasteiger partial charge is 0.265 e. The van der Waals surface area contributed by atoms with Crippen molar-refractivity contribution in [1.29, 1.82) is 0 Å². The first-order valence-corrected chi connectivity index (χ1v) is 5.17. The number of nitrogens with zero attached hydrogens (tertiary/aromatic N) is 1. The monoisotopic (exact) mass is 197 g/mol. The first kappa shape index (κ1) is 9.91. The van der Waals surface area contributed by atoms with E-state index in [4.69, 9.17) is 0 Å². The highest BCUT2D eigenvalue weighted by Gasteiger charge is 2.22. The molecule has 0 aliphatic heterocycles. The van der Waals surface area contributed by atoms with Gasteiger partial charge in [0.25, 0.3) is 0 Å². The van der Waals surface area contributed by atoms with E-state index in [1.165, 1.54) is 11.1 Å². The highest BCUT2D eigenvalue weighted by atomic mass is 14.6. The average molecular weight is 197 g/mol. The topological polar surface area (TPSA) is 12.9 Å². The predicted octanol–water partition coefficient (Wildman–Crippen LogP) is 3.41. The summed E-state index contributed by atoms with van der Waals surface area (Å²) in [5, 5.41) is 0. The second-order valence-corrected chi connectivity index (χ2v) is 4.23. The van der Waals surface area contributed by atoms with Crippen LogP contribution in [-0.2, 0) is 5.41 Å². The van der Waals surface area contributed by atoms with Crippen LogP contribution in [0.1, 0.15) is 25.0 Å². The van der Waals surface area contributed by atoms with Crippen molar-refractivity contribution in [2.75, 3.05) is 0 Å². The number of benzene rings is 1. The first-order valence-electron chi connectivity index (χ1n) is 5.17. The molecule has 76 valence electrons. The molecule has 0 radical (unpaired) electrons. The smallest absolute Gasteiger partial charge is 0.0270 e. The number of aromatic nitrogens is 1. The molecule has 0 saturated heterocycles. The molecule has 1 heterocycles. The van der Waals surface area contributed by atoms with Gasteiger partial charge in [0.05, 0.1) is 0 Å². The van der Waals surface area contributed by atoms with Crippen LogP contribution in [0, 0.1) is 0 Å². The van der Waals surface area contributed by atoms with Gasteiger partial charge in [-0.25, -0.2) is 0 Å². The van der Waals surface area contributed by atoms with Gasteiger partial charge in [0.1, 0.15) is 0 Å². The van der Waals surface area contributed by atoms with E-state index in [1.54, 1.807) is 0 Å². The van der Waals surface area contributed by atoms with Crippen molar-refractivity contribution in [3.8, 4) is 0 Å². The zero-order chi connectivity index (χ0) is 10.7. The fraction of sp³-hybridized carbons (Fsp3) is 0.214. The normalized spacial score (nSPS) is 11.3. The summed E-state index contributed by atoms with van der Waals surface area (Å²) in [6, 6.07) is 14.7. The SMILES string of the molecule is CC(C)(c1ccccc1)c1ccncc1. The van der Waals surface area contributed by atoms with E-state index in [0.717, 1.165) is 0 Å². The molecule has 0 bridgehead atoms. The van der Waals surface area contributed by atoms with Gasteiger partial charge in [0.2, 0.25) is 0 Å². The Morgan fingerprint density at radius 2 is 1.33 bits per heavy atom. The molecule has 0 atom stereocenters. The maximum absolute atomic E-state index is 4.05. The Hall–Kier alpha value is -1.63. The van der Waals surface area contributed by atoms with Gasteiger partial charge in [-0.05, 0) is 23.3 Å². The zero-order valence-electron chi connectivity index (χ0n) is 9.14. The molecule has 2 rings (SSSR count). The van der Waals surface area contributed by atoms with Gasteiger partial charge in [0, 0.05) is 17.8 Å². The Balaban J connectivity index is 2.44. The molecular formula is C14H15N. The minimum atomic E-state index is 0.0458. The van der Waals surface area contributed by atoms with Gasteiger partial charge in [-0.3, -0.25) is 4.98 Å². The van der Waals surface area contributed by atoms with Crippen molar-refractivity contribution < 1.29 is 0 Å². The molecule has 0 unspecified atom stereocenters. The van der Waals surface area contributed by atoms with Crippen molar-refractivity contribution in [3.05, 3.63) is 66.0 Å². The van der Waals surface area contributed by atoms with Gasteiger partial charge in [-0.2, -0.15) is 0 Å². The summed E-state index contributed by atoms with van der Waals surface area (Å²) >= 11 is 0. The number of rotatable bonds is 2. The summed E-state index contributed by atoms with van der Waals surface area (Å²) in [6.45, 7) is 4.47. The number of pyridine rings is 1. The maximum Gasteiger partial charge on any atom is 0.0270 e. The highest BCUT2D eigenvalue weighted by molar-refractivity contribution is 5.35. The molecule has 15 heavy (non-hydrogen) atoms. The van der Waals surface area contributed by atoms with Crippen LogP contribution >= 0.6 is 0 Å². The predicted molar refractivity (Wildman–Crippen MR) is 62.8 cm³/mol. The van der Waals surface area contributed by atoms with Crippen LogP contribution in [0.2, 0.25) is 0 Å². The molecule has 1 aromatic carbocycles. The summed E-state index contributed by atoms with van der Waals surface area (Å²) in [7, 11) is 0. The summed E-state index contributed by atoms with van der Waals surface area (Å²) < 4.78 is 0. The first-order chi connectivity index (χ1) is 7.21. The van der Waals surface area contributed by atoms with Gasteiger partial charge in [0.15, 0.2) is 0 Å². The molecule has 0 saturated carbocycles. The summed E-state index contributed by atoms with van der Waals surface area (Å²) in [4.78, 5) is 4.05. The Kier molecular flexibility index (Phi) is 2.55. The van der Waals surface area contributed by atoms with Gasteiger partial charge in [-0.15, -0.1) is 0 Å². The standard InChI is InChI=1S/C14H15N/c1-14(2,12-6-4-3-5-7-12)13-8-10-15-11-9-13/h3-11H,1-2H3. The fourth-order valence-electron chi connectivity index (χ4n) is 1.79. The van der Waals surface area contributed by atoms with Crippen LogP contribution < -0.4 is 0 Å². The van der Waals surface area contributed by atoms with Crippen molar-refractivity contribution in [3.63, 3.8) is 0 Å². The molecule has 0 N–H and O–H groups in total. The molecule has 0 spiro atoms. The van der Waals surface area contributed by atoms with Crippen molar-refractivity contribution >= 4 is 0 Å². The Morgan fingerprint density at radius 3 is 1.93 bits per heavy atom. The Bertz CT molecular complexity index is 376. The minimum absolute atomic E-state index is 0.0458. The molecule has 2 aromatic rings. The van der Waals surface area contributed by atoms with Gasteiger partial charge >= 0.3 is 0 Å². The average Bonchev–Trinajstić information content (AvgIpc) is 2.31. The van der Waals surface area contributed by atoms with Crippen molar-refractivity contribution in [2.24, 2.45) is 0 Å². The van der Waals surface area contributed by atoms with Gasteiger partial charge < -0.3 is 0 Å². The van der Waals surface area contributed by atoms with Crippen molar-refractivity contribution in [1.82, 2.24) is 4.98 Å². The second kappa shape index (κ2) is 3.85. The quantitative estimate of drug-likeness (QED) is 0.719. The summed E-state index contributed by atoms with van der Waals surface area (Å²) in [5.41, 5.74) is 2.67. The molecule has 1 nitrogen and oxygen atoms in total. The van der Waals surface area contributed by atoms with E-state index in [1.807, 2.05) is 18.5 Å². The van der Waals surface area contributed by atoms with E-state index < -0.39 is 0 Å². The van der Waals surface area contributed by atoms with Crippen LogP contribution in [0.25, 0.3) is 0 Å². The molecular weight excluding hydrogens is 182 g/mol. The van der Waals surface area contributed by atoms with E-state index in [-0.39, 0.29) is 5.41 Å². The van der Waals surface area contributed by atoms with Crippen LogP contribution in [0.4, 0.5) is 0 Å². The molecule has 1 heteroatoms. The lowest BCUT2D eigenvalue weighted by Gasteiger charge is -2.25.